The Kier molecular flexibility index (Phi) is 5.74. The van der Waals surface area contributed by atoms with Gasteiger partial charge in [0, 0.05) is 36.3 Å². The van der Waals surface area contributed by atoms with Gasteiger partial charge in [0.15, 0.2) is 0 Å². The zero-order valence-electron chi connectivity index (χ0n) is 15.3. The summed E-state index contributed by atoms with van der Waals surface area (Å²) in [6, 6.07) is 11.7. The summed E-state index contributed by atoms with van der Waals surface area (Å²) in [6.45, 7) is 1.83. The number of hydrogen-bond donors (Lipinski definition) is 2. The third kappa shape index (κ3) is 4.20. The standard InChI is InChI=1S/C21H20N4O3/c1-13-18(15-7-9-23-10-8-15)16(12-24-13)21(28)25-17(19(26)20(22)27)11-14-5-3-2-4-6-14/h2-10,12,17-18H,11H2,1H3,(H2,22,27)(H,25,28). The minimum Gasteiger partial charge on any atom is -0.363 e. The van der Waals surface area contributed by atoms with Crippen molar-refractivity contribution in [2.24, 2.45) is 10.7 Å². The molecule has 142 valence electrons. The van der Waals surface area contributed by atoms with Crippen LogP contribution in [0.25, 0.3) is 0 Å². The highest BCUT2D eigenvalue weighted by Gasteiger charge is 2.32. The van der Waals surface area contributed by atoms with Gasteiger partial charge in [-0.3, -0.25) is 24.4 Å². The van der Waals surface area contributed by atoms with Crippen LogP contribution in [0.5, 0.6) is 0 Å². The number of benzene rings is 1. The molecule has 2 amide bonds. The lowest BCUT2D eigenvalue weighted by molar-refractivity contribution is -0.138. The largest absolute Gasteiger partial charge is 0.363 e. The molecule has 28 heavy (non-hydrogen) atoms. The Morgan fingerprint density at radius 1 is 1.11 bits per heavy atom. The monoisotopic (exact) mass is 376 g/mol. The average molecular weight is 376 g/mol. The average Bonchev–Trinajstić information content (AvgIpc) is 3.09. The van der Waals surface area contributed by atoms with E-state index in [4.69, 9.17) is 5.73 Å². The number of primary amides is 1. The Labute approximate surface area is 162 Å². The van der Waals surface area contributed by atoms with Crippen molar-refractivity contribution >= 4 is 23.3 Å². The highest BCUT2D eigenvalue weighted by atomic mass is 16.2. The summed E-state index contributed by atoms with van der Waals surface area (Å²) < 4.78 is 0. The SMILES string of the molecule is CC1=NC=C(C(=O)NC(Cc2ccccc2)C(=O)C(N)=O)C1c1ccncc1. The summed E-state index contributed by atoms with van der Waals surface area (Å²) in [5.74, 6) is -2.71. The smallest absolute Gasteiger partial charge is 0.287 e. The van der Waals surface area contributed by atoms with Crippen molar-refractivity contribution in [3.05, 3.63) is 77.8 Å². The number of nitrogens with one attached hydrogen (secondary N) is 1. The van der Waals surface area contributed by atoms with Gasteiger partial charge >= 0.3 is 0 Å². The molecule has 0 spiro atoms. The minimum atomic E-state index is -1.08. The number of pyridine rings is 1. The second kappa shape index (κ2) is 8.39. The second-order valence-corrected chi connectivity index (χ2v) is 6.51. The zero-order chi connectivity index (χ0) is 20.1. The Hall–Kier alpha value is -3.61. The second-order valence-electron chi connectivity index (χ2n) is 6.51. The topological polar surface area (TPSA) is 115 Å². The molecule has 7 heteroatoms. The van der Waals surface area contributed by atoms with Crippen LogP contribution >= 0.6 is 0 Å². The summed E-state index contributed by atoms with van der Waals surface area (Å²) in [5, 5.41) is 2.66. The van der Waals surface area contributed by atoms with Crippen LogP contribution in [0.4, 0.5) is 0 Å². The highest BCUT2D eigenvalue weighted by Crippen LogP contribution is 2.30. The van der Waals surface area contributed by atoms with Crippen molar-refractivity contribution in [1.82, 2.24) is 10.3 Å². The van der Waals surface area contributed by atoms with Crippen LogP contribution in [0, 0.1) is 0 Å². The van der Waals surface area contributed by atoms with Crippen LogP contribution in [0.2, 0.25) is 0 Å². The molecule has 1 aliphatic rings. The van der Waals surface area contributed by atoms with Crippen molar-refractivity contribution < 1.29 is 14.4 Å². The maximum atomic E-state index is 12.9. The lowest BCUT2D eigenvalue weighted by Gasteiger charge is -2.20. The molecule has 2 unspecified atom stereocenters. The molecular weight excluding hydrogens is 356 g/mol. The van der Waals surface area contributed by atoms with E-state index >= 15 is 0 Å². The molecule has 1 aliphatic heterocycles. The van der Waals surface area contributed by atoms with Gasteiger partial charge < -0.3 is 11.1 Å². The van der Waals surface area contributed by atoms with E-state index in [9.17, 15) is 14.4 Å². The molecular formula is C21H20N4O3. The number of aliphatic imine (C=N–C) groups is 1. The Morgan fingerprint density at radius 3 is 2.43 bits per heavy atom. The van der Waals surface area contributed by atoms with Crippen LogP contribution in [0.1, 0.15) is 24.0 Å². The fraction of sp³-hybridized carbons (Fsp3) is 0.190. The van der Waals surface area contributed by atoms with Gasteiger partial charge in [-0.05, 0) is 30.2 Å². The third-order valence-electron chi connectivity index (χ3n) is 4.58. The van der Waals surface area contributed by atoms with E-state index in [1.165, 1.54) is 6.20 Å². The summed E-state index contributed by atoms with van der Waals surface area (Å²) in [6.07, 6.45) is 4.95. The number of hydrogen-bond acceptors (Lipinski definition) is 5. The van der Waals surface area contributed by atoms with Crippen molar-refractivity contribution in [1.29, 1.82) is 0 Å². The van der Waals surface area contributed by atoms with Crippen LogP contribution < -0.4 is 11.1 Å². The van der Waals surface area contributed by atoms with E-state index in [1.807, 2.05) is 49.4 Å². The number of nitrogens with two attached hydrogens (primary N) is 1. The van der Waals surface area contributed by atoms with Gasteiger partial charge in [-0.25, -0.2) is 0 Å². The highest BCUT2D eigenvalue weighted by molar-refractivity contribution is 6.38. The van der Waals surface area contributed by atoms with E-state index < -0.39 is 23.6 Å². The maximum Gasteiger partial charge on any atom is 0.287 e. The van der Waals surface area contributed by atoms with Gasteiger partial charge in [-0.2, -0.15) is 0 Å². The first-order valence-electron chi connectivity index (χ1n) is 8.80. The van der Waals surface area contributed by atoms with E-state index in [0.717, 1.165) is 16.8 Å². The molecule has 0 fully saturated rings. The number of rotatable bonds is 7. The van der Waals surface area contributed by atoms with Gasteiger partial charge in [-0.15, -0.1) is 0 Å². The fourth-order valence-corrected chi connectivity index (χ4v) is 3.18. The van der Waals surface area contributed by atoms with Crippen molar-refractivity contribution in [3.63, 3.8) is 0 Å². The summed E-state index contributed by atoms with van der Waals surface area (Å²) >= 11 is 0. The first kappa shape index (κ1) is 19.2. The predicted octanol–water partition coefficient (Wildman–Crippen LogP) is 1.31. The molecule has 0 saturated carbocycles. The Balaban J connectivity index is 1.81. The quantitative estimate of drug-likeness (QED) is 0.709. The van der Waals surface area contributed by atoms with Crippen molar-refractivity contribution in [2.45, 2.75) is 25.3 Å². The molecule has 1 aromatic carbocycles. The molecule has 2 atom stereocenters. The Bertz CT molecular complexity index is 952. The van der Waals surface area contributed by atoms with Crippen molar-refractivity contribution in [2.75, 3.05) is 0 Å². The number of aromatic nitrogens is 1. The zero-order valence-corrected chi connectivity index (χ0v) is 15.3. The summed E-state index contributed by atoms with van der Waals surface area (Å²) in [4.78, 5) is 44.9. The third-order valence-corrected chi connectivity index (χ3v) is 4.58. The van der Waals surface area contributed by atoms with E-state index in [1.54, 1.807) is 12.4 Å². The molecule has 0 radical (unpaired) electrons. The Morgan fingerprint density at radius 2 is 1.79 bits per heavy atom. The first-order valence-corrected chi connectivity index (χ1v) is 8.80. The van der Waals surface area contributed by atoms with Crippen LogP contribution in [0.15, 0.2) is 71.6 Å². The normalized spacial score (nSPS) is 16.7. The van der Waals surface area contributed by atoms with Crippen LogP contribution in [-0.4, -0.2) is 34.3 Å². The van der Waals surface area contributed by atoms with E-state index in [-0.39, 0.29) is 12.3 Å². The minimum absolute atomic E-state index is 0.168. The number of nitrogens with zero attached hydrogens (tertiary/aromatic N) is 2. The predicted molar refractivity (Wildman–Crippen MR) is 104 cm³/mol. The molecule has 2 aromatic rings. The van der Waals surface area contributed by atoms with Crippen LogP contribution in [-0.2, 0) is 20.8 Å². The first-order chi connectivity index (χ1) is 13.5. The number of carbonyl (C=O) groups excluding carboxylic acids is 3. The van der Waals surface area contributed by atoms with Gasteiger partial charge in [0.25, 0.3) is 5.91 Å². The molecule has 1 aromatic heterocycles. The molecule has 0 saturated heterocycles. The number of amides is 2. The molecule has 3 rings (SSSR count). The maximum absolute atomic E-state index is 12.9. The van der Waals surface area contributed by atoms with Crippen LogP contribution in [0.3, 0.4) is 0 Å². The van der Waals surface area contributed by atoms with Gasteiger partial charge in [0.05, 0.1) is 5.92 Å². The van der Waals surface area contributed by atoms with Gasteiger partial charge in [0.2, 0.25) is 11.7 Å². The number of carbonyl (C=O) groups is 3. The number of Topliss-reactive ketones (excluding diaryl/α,β-unsaturated/α-hetero) is 1. The van der Waals surface area contributed by atoms with Gasteiger partial charge in [0.1, 0.15) is 6.04 Å². The summed E-state index contributed by atoms with van der Waals surface area (Å²) in [7, 11) is 0. The lowest BCUT2D eigenvalue weighted by atomic mass is 9.89. The molecule has 2 heterocycles. The fourth-order valence-electron chi connectivity index (χ4n) is 3.18. The summed E-state index contributed by atoms with van der Waals surface area (Å²) in [5.41, 5.74) is 8.02. The van der Waals surface area contributed by atoms with Crippen molar-refractivity contribution in [3.8, 4) is 0 Å². The van der Waals surface area contributed by atoms with Gasteiger partial charge in [-0.1, -0.05) is 30.3 Å². The molecule has 0 aliphatic carbocycles. The van der Waals surface area contributed by atoms with E-state index in [0.29, 0.717) is 5.57 Å². The molecule has 0 bridgehead atoms. The lowest BCUT2D eigenvalue weighted by Crippen LogP contribution is -2.48. The molecule has 7 nitrogen and oxygen atoms in total. The molecule has 3 N–H and O–H groups in total. The number of ketones is 1. The van der Waals surface area contributed by atoms with E-state index in [2.05, 4.69) is 15.3 Å².